The highest BCUT2D eigenvalue weighted by molar-refractivity contribution is 7.10. The molecule has 1 aromatic carbocycles. The van der Waals surface area contributed by atoms with Crippen molar-refractivity contribution in [1.82, 2.24) is 4.37 Å². The molecule has 1 unspecified atom stereocenters. The molecule has 1 aliphatic carbocycles. The average molecular weight is 405 g/mol. The topological polar surface area (TPSA) is 87.0 Å². The molecule has 1 heterocycles. The SMILES string of the molecule is CC(C)(C)OC(=O)Nc1ccc2c(c1)CCCC2Nc1snc(Cl)c1C#N. The molecule has 1 aliphatic rings. The zero-order valence-electron chi connectivity index (χ0n) is 15.4. The van der Waals surface area contributed by atoms with Gasteiger partial charge in [0.2, 0.25) is 0 Å². The molecule has 1 amide bonds. The highest BCUT2D eigenvalue weighted by Crippen LogP contribution is 2.37. The van der Waals surface area contributed by atoms with E-state index in [1.54, 1.807) is 0 Å². The van der Waals surface area contributed by atoms with Gasteiger partial charge in [0.15, 0.2) is 5.15 Å². The number of hydrogen-bond donors (Lipinski definition) is 2. The Morgan fingerprint density at radius 2 is 2.22 bits per heavy atom. The summed E-state index contributed by atoms with van der Waals surface area (Å²) in [5.41, 5.74) is 2.88. The van der Waals surface area contributed by atoms with Crippen molar-refractivity contribution < 1.29 is 9.53 Å². The molecule has 142 valence electrons. The van der Waals surface area contributed by atoms with E-state index in [2.05, 4.69) is 21.1 Å². The molecule has 1 atom stereocenters. The van der Waals surface area contributed by atoms with E-state index in [9.17, 15) is 10.1 Å². The molecule has 3 rings (SSSR count). The predicted molar refractivity (Wildman–Crippen MR) is 107 cm³/mol. The lowest BCUT2D eigenvalue weighted by molar-refractivity contribution is 0.0636. The van der Waals surface area contributed by atoms with E-state index in [1.807, 2.05) is 39.0 Å². The Morgan fingerprint density at radius 1 is 1.44 bits per heavy atom. The summed E-state index contributed by atoms with van der Waals surface area (Å²) in [5.74, 6) is 0. The fourth-order valence-electron chi connectivity index (χ4n) is 3.09. The maximum atomic E-state index is 12.0. The summed E-state index contributed by atoms with van der Waals surface area (Å²) in [5, 5.41) is 16.4. The summed E-state index contributed by atoms with van der Waals surface area (Å²) in [7, 11) is 0. The molecule has 1 aromatic heterocycles. The second-order valence-electron chi connectivity index (χ2n) is 7.42. The van der Waals surface area contributed by atoms with Gasteiger partial charge in [-0.2, -0.15) is 9.64 Å². The van der Waals surface area contributed by atoms with Crippen molar-refractivity contribution in [2.24, 2.45) is 0 Å². The van der Waals surface area contributed by atoms with E-state index in [0.29, 0.717) is 16.3 Å². The van der Waals surface area contributed by atoms with Crippen LogP contribution < -0.4 is 10.6 Å². The number of carbonyl (C=O) groups excluding carboxylic acids is 1. The van der Waals surface area contributed by atoms with Crippen LogP contribution in [0.5, 0.6) is 0 Å². The number of amides is 1. The molecule has 0 fully saturated rings. The lowest BCUT2D eigenvalue weighted by Crippen LogP contribution is -2.27. The number of nitrogens with zero attached hydrogens (tertiary/aromatic N) is 2. The summed E-state index contributed by atoms with van der Waals surface area (Å²) in [6, 6.07) is 8.04. The smallest absolute Gasteiger partial charge is 0.412 e. The molecule has 0 saturated carbocycles. The number of benzene rings is 1. The second-order valence-corrected chi connectivity index (χ2v) is 8.55. The monoisotopic (exact) mass is 404 g/mol. The number of rotatable bonds is 3. The Labute approximate surface area is 167 Å². The molecule has 0 spiro atoms. The van der Waals surface area contributed by atoms with Gasteiger partial charge in [-0.05, 0) is 74.8 Å². The van der Waals surface area contributed by atoms with E-state index in [0.717, 1.165) is 24.8 Å². The van der Waals surface area contributed by atoms with Crippen molar-refractivity contribution in [2.45, 2.75) is 51.7 Å². The number of halogens is 1. The van der Waals surface area contributed by atoms with Crippen LogP contribution in [-0.4, -0.2) is 16.1 Å². The number of hydrogen-bond acceptors (Lipinski definition) is 6. The Kier molecular flexibility index (Phi) is 5.59. The third-order valence-electron chi connectivity index (χ3n) is 4.17. The summed E-state index contributed by atoms with van der Waals surface area (Å²) in [6.07, 6.45) is 2.43. The molecular weight excluding hydrogens is 384 g/mol. The van der Waals surface area contributed by atoms with Crippen molar-refractivity contribution in [2.75, 3.05) is 10.6 Å². The number of aryl methyl sites for hydroxylation is 1. The number of aromatic nitrogens is 1. The van der Waals surface area contributed by atoms with Crippen LogP contribution in [0.4, 0.5) is 15.5 Å². The zero-order chi connectivity index (χ0) is 19.6. The van der Waals surface area contributed by atoms with Gasteiger partial charge in [0.1, 0.15) is 22.2 Å². The first kappa shape index (κ1) is 19.5. The van der Waals surface area contributed by atoms with Gasteiger partial charge in [-0.15, -0.1) is 0 Å². The Balaban J connectivity index is 1.77. The number of anilines is 2. The molecule has 0 radical (unpaired) electrons. The minimum absolute atomic E-state index is 0.0768. The highest BCUT2D eigenvalue weighted by atomic mass is 35.5. The molecule has 2 aromatic rings. The lowest BCUT2D eigenvalue weighted by atomic mass is 9.87. The minimum atomic E-state index is -0.540. The van der Waals surface area contributed by atoms with Gasteiger partial charge in [-0.1, -0.05) is 17.7 Å². The number of nitriles is 1. The molecule has 0 aliphatic heterocycles. The van der Waals surface area contributed by atoms with Gasteiger partial charge in [0, 0.05) is 5.69 Å². The fourth-order valence-corrected chi connectivity index (χ4v) is 4.08. The van der Waals surface area contributed by atoms with Gasteiger partial charge in [-0.3, -0.25) is 5.32 Å². The standard InChI is InChI=1S/C19H21ClN4O2S/c1-19(2,3)26-18(25)22-12-7-8-13-11(9-12)5-4-6-15(13)23-17-14(10-21)16(20)24-27-17/h7-9,15,23H,4-6H2,1-3H3,(H,22,25). The van der Waals surface area contributed by atoms with Crippen LogP contribution in [0.2, 0.25) is 5.15 Å². The van der Waals surface area contributed by atoms with Crippen molar-refractivity contribution in [3.05, 3.63) is 40.0 Å². The first-order chi connectivity index (χ1) is 12.8. The number of nitrogens with one attached hydrogen (secondary N) is 2. The Morgan fingerprint density at radius 3 is 2.93 bits per heavy atom. The maximum absolute atomic E-state index is 12.0. The lowest BCUT2D eigenvalue weighted by Gasteiger charge is -2.27. The quantitative estimate of drug-likeness (QED) is 0.704. The third-order valence-corrected chi connectivity index (χ3v) is 5.32. The summed E-state index contributed by atoms with van der Waals surface area (Å²) in [4.78, 5) is 12.0. The minimum Gasteiger partial charge on any atom is -0.444 e. The Bertz CT molecular complexity index is 898. The van der Waals surface area contributed by atoms with Gasteiger partial charge in [0.25, 0.3) is 0 Å². The molecule has 0 bridgehead atoms. The van der Waals surface area contributed by atoms with Gasteiger partial charge >= 0.3 is 6.09 Å². The van der Waals surface area contributed by atoms with E-state index >= 15 is 0 Å². The first-order valence-corrected chi connectivity index (χ1v) is 9.86. The third kappa shape index (κ3) is 4.71. The van der Waals surface area contributed by atoms with Crippen LogP contribution in [0.1, 0.15) is 56.3 Å². The summed E-state index contributed by atoms with van der Waals surface area (Å²) < 4.78 is 9.35. The van der Waals surface area contributed by atoms with E-state index < -0.39 is 11.7 Å². The fraction of sp³-hybridized carbons (Fsp3) is 0.421. The van der Waals surface area contributed by atoms with E-state index in [1.165, 1.54) is 17.1 Å². The maximum Gasteiger partial charge on any atom is 0.412 e. The largest absolute Gasteiger partial charge is 0.444 e. The predicted octanol–water partition coefficient (Wildman–Crippen LogP) is 5.50. The van der Waals surface area contributed by atoms with Gasteiger partial charge < -0.3 is 10.1 Å². The van der Waals surface area contributed by atoms with Crippen LogP contribution in [0.25, 0.3) is 0 Å². The number of ether oxygens (including phenoxy) is 1. The number of carbonyl (C=O) groups is 1. The van der Waals surface area contributed by atoms with Crippen molar-refractivity contribution in [1.29, 1.82) is 5.26 Å². The molecule has 2 N–H and O–H groups in total. The van der Waals surface area contributed by atoms with Crippen LogP contribution in [-0.2, 0) is 11.2 Å². The highest BCUT2D eigenvalue weighted by Gasteiger charge is 2.24. The summed E-state index contributed by atoms with van der Waals surface area (Å²) >= 11 is 7.16. The molecule has 8 heteroatoms. The van der Waals surface area contributed by atoms with Crippen molar-refractivity contribution in [3.63, 3.8) is 0 Å². The molecule has 0 saturated heterocycles. The normalized spacial score (nSPS) is 16.2. The summed E-state index contributed by atoms with van der Waals surface area (Å²) in [6.45, 7) is 5.49. The van der Waals surface area contributed by atoms with Crippen LogP contribution in [0.15, 0.2) is 18.2 Å². The van der Waals surface area contributed by atoms with Crippen molar-refractivity contribution in [3.8, 4) is 6.07 Å². The van der Waals surface area contributed by atoms with E-state index in [-0.39, 0.29) is 11.2 Å². The van der Waals surface area contributed by atoms with Crippen molar-refractivity contribution >= 4 is 39.9 Å². The molecule has 6 nitrogen and oxygen atoms in total. The second kappa shape index (κ2) is 7.75. The zero-order valence-corrected chi connectivity index (χ0v) is 17.0. The van der Waals surface area contributed by atoms with Gasteiger partial charge in [-0.25, -0.2) is 4.79 Å². The van der Waals surface area contributed by atoms with E-state index in [4.69, 9.17) is 16.3 Å². The van der Waals surface area contributed by atoms with Crippen LogP contribution in [0, 0.1) is 11.3 Å². The van der Waals surface area contributed by atoms with Gasteiger partial charge in [0.05, 0.1) is 6.04 Å². The Hall–Kier alpha value is -2.30. The van der Waals surface area contributed by atoms with Crippen LogP contribution in [0.3, 0.4) is 0 Å². The molecule has 27 heavy (non-hydrogen) atoms. The average Bonchev–Trinajstić information content (AvgIpc) is 2.92. The number of fused-ring (bicyclic) bond motifs is 1. The van der Waals surface area contributed by atoms with Crippen LogP contribution >= 0.6 is 23.1 Å². The molecular formula is C19H21ClN4O2S. The first-order valence-electron chi connectivity index (χ1n) is 8.71.